The first-order valence-electron chi connectivity index (χ1n) is 6.11. The summed E-state index contributed by atoms with van der Waals surface area (Å²) in [5, 5.41) is 13.1. The van der Waals surface area contributed by atoms with Gasteiger partial charge in [-0.15, -0.1) is 0 Å². The van der Waals surface area contributed by atoms with Crippen LogP contribution in [0.3, 0.4) is 0 Å². The summed E-state index contributed by atoms with van der Waals surface area (Å²) in [7, 11) is -3.47. The maximum Gasteiger partial charge on any atom is 0.180 e. The Labute approximate surface area is 109 Å². The molecule has 1 aliphatic rings. The summed E-state index contributed by atoms with van der Waals surface area (Å²) in [5.74, 6) is -0.255. The minimum absolute atomic E-state index is 0.115. The SMILES string of the molecule is C=C/C=C(\C=C/C)S(=O)(=O)C[C@@H](O)[C@@H]1CCCN1. The van der Waals surface area contributed by atoms with Crippen molar-refractivity contribution in [3.05, 3.63) is 35.8 Å². The molecule has 1 saturated heterocycles. The minimum atomic E-state index is -3.47. The van der Waals surface area contributed by atoms with Crippen LogP contribution in [0, 0.1) is 0 Å². The van der Waals surface area contributed by atoms with Gasteiger partial charge < -0.3 is 10.4 Å². The summed E-state index contributed by atoms with van der Waals surface area (Å²) >= 11 is 0. The van der Waals surface area contributed by atoms with E-state index in [9.17, 15) is 13.5 Å². The monoisotopic (exact) mass is 271 g/mol. The van der Waals surface area contributed by atoms with E-state index in [0.717, 1.165) is 19.4 Å². The molecule has 0 aliphatic carbocycles. The number of allylic oxidation sites excluding steroid dienone is 4. The lowest BCUT2D eigenvalue weighted by atomic mass is 10.1. The van der Waals surface area contributed by atoms with Crippen LogP contribution >= 0.6 is 0 Å². The summed E-state index contributed by atoms with van der Waals surface area (Å²) in [6.45, 7) is 6.09. The zero-order chi connectivity index (χ0) is 13.6. The maximum atomic E-state index is 12.1. The van der Waals surface area contributed by atoms with E-state index in [1.54, 1.807) is 13.0 Å². The molecule has 1 aliphatic heterocycles. The van der Waals surface area contributed by atoms with Gasteiger partial charge in [-0.1, -0.05) is 18.7 Å². The molecule has 18 heavy (non-hydrogen) atoms. The van der Waals surface area contributed by atoms with Gasteiger partial charge in [0.05, 0.1) is 16.8 Å². The van der Waals surface area contributed by atoms with Gasteiger partial charge in [0.2, 0.25) is 0 Å². The second kappa shape index (κ2) is 6.87. The molecule has 0 radical (unpaired) electrons. The predicted octanol–water partition coefficient (Wildman–Crippen LogP) is 1.16. The normalized spacial score (nSPS) is 23.4. The largest absolute Gasteiger partial charge is 0.390 e. The Morgan fingerprint density at radius 3 is 2.83 bits per heavy atom. The van der Waals surface area contributed by atoms with E-state index in [1.807, 2.05) is 0 Å². The van der Waals surface area contributed by atoms with Crippen molar-refractivity contribution >= 4 is 9.84 Å². The van der Waals surface area contributed by atoms with Crippen molar-refractivity contribution in [2.45, 2.75) is 31.9 Å². The van der Waals surface area contributed by atoms with Gasteiger partial charge in [-0.05, 0) is 38.5 Å². The molecule has 1 rings (SSSR count). The van der Waals surface area contributed by atoms with Gasteiger partial charge in [-0.25, -0.2) is 8.42 Å². The quantitative estimate of drug-likeness (QED) is 0.712. The van der Waals surface area contributed by atoms with Crippen molar-refractivity contribution in [1.29, 1.82) is 0 Å². The smallest absolute Gasteiger partial charge is 0.180 e. The highest BCUT2D eigenvalue weighted by Crippen LogP contribution is 2.16. The first kappa shape index (κ1) is 15.1. The summed E-state index contributed by atoms with van der Waals surface area (Å²) in [6.07, 6.45) is 7.00. The first-order chi connectivity index (χ1) is 8.51. The molecule has 102 valence electrons. The molecule has 0 unspecified atom stereocenters. The number of aliphatic hydroxyl groups excluding tert-OH is 1. The van der Waals surface area contributed by atoms with E-state index in [1.165, 1.54) is 18.2 Å². The van der Waals surface area contributed by atoms with Crippen molar-refractivity contribution < 1.29 is 13.5 Å². The van der Waals surface area contributed by atoms with Gasteiger partial charge in [-0.2, -0.15) is 0 Å². The van der Waals surface area contributed by atoms with Gasteiger partial charge in [-0.3, -0.25) is 0 Å². The zero-order valence-electron chi connectivity index (χ0n) is 10.7. The lowest BCUT2D eigenvalue weighted by Crippen LogP contribution is -2.39. The summed E-state index contributed by atoms with van der Waals surface area (Å²) in [6, 6.07) is -0.115. The molecular formula is C13H21NO3S. The van der Waals surface area contributed by atoms with E-state index in [2.05, 4.69) is 11.9 Å². The van der Waals surface area contributed by atoms with Gasteiger partial charge >= 0.3 is 0 Å². The standard InChI is InChI=1S/C13H21NO3S/c1-3-6-11(7-4-2)18(16,17)10-13(15)12-8-5-9-14-12/h3-4,6-7,12-15H,1,5,8-10H2,2H3/b7-4-,11-6+/t12-,13+/m0/s1. The third-order valence-corrected chi connectivity index (χ3v) is 4.70. The first-order valence-corrected chi connectivity index (χ1v) is 7.76. The molecule has 1 heterocycles. The Balaban J connectivity index is 2.79. The van der Waals surface area contributed by atoms with E-state index in [0.29, 0.717) is 0 Å². The molecule has 1 fully saturated rings. The number of hydrogen-bond acceptors (Lipinski definition) is 4. The molecular weight excluding hydrogens is 250 g/mol. The van der Waals surface area contributed by atoms with Crippen molar-refractivity contribution in [1.82, 2.24) is 5.32 Å². The van der Waals surface area contributed by atoms with Crippen LogP contribution in [0.2, 0.25) is 0 Å². The molecule has 0 saturated carbocycles. The van der Waals surface area contributed by atoms with Gasteiger partial charge in [0, 0.05) is 6.04 Å². The van der Waals surface area contributed by atoms with E-state index < -0.39 is 15.9 Å². The number of nitrogens with one attached hydrogen (secondary N) is 1. The van der Waals surface area contributed by atoms with Crippen LogP contribution in [0.5, 0.6) is 0 Å². The third kappa shape index (κ3) is 4.08. The van der Waals surface area contributed by atoms with Gasteiger partial charge in [0.1, 0.15) is 0 Å². The highest BCUT2D eigenvalue weighted by atomic mass is 32.2. The Morgan fingerprint density at radius 1 is 1.61 bits per heavy atom. The zero-order valence-corrected chi connectivity index (χ0v) is 11.5. The van der Waals surface area contributed by atoms with Crippen LogP contribution in [-0.2, 0) is 9.84 Å². The summed E-state index contributed by atoms with van der Waals surface area (Å²) < 4.78 is 24.2. The highest BCUT2D eigenvalue weighted by Gasteiger charge is 2.28. The number of rotatable bonds is 6. The second-order valence-electron chi connectivity index (χ2n) is 4.36. The Hall–Kier alpha value is -0.910. The van der Waals surface area contributed by atoms with Crippen LogP contribution in [0.15, 0.2) is 35.8 Å². The van der Waals surface area contributed by atoms with Gasteiger partial charge in [0.25, 0.3) is 0 Å². The third-order valence-electron chi connectivity index (χ3n) is 2.93. The van der Waals surface area contributed by atoms with Crippen LogP contribution in [-0.4, -0.2) is 38.0 Å². The highest BCUT2D eigenvalue weighted by molar-refractivity contribution is 7.95. The van der Waals surface area contributed by atoms with Crippen LogP contribution in [0.25, 0.3) is 0 Å². The fourth-order valence-electron chi connectivity index (χ4n) is 2.02. The number of sulfone groups is 1. The predicted molar refractivity (Wildman–Crippen MR) is 73.9 cm³/mol. The van der Waals surface area contributed by atoms with E-state index in [4.69, 9.17) is 0 Å². The molecule has 0 aromatic rings. The molecule has 2 atom stereocenters. The molecule has 4 nitrogen and oxygen atoms in total. The fraction of sp³-hybridized carbons (Fsp3) is 0.538. The molecule has 5 heteroatoms. The number of aliphatic hydroxyl groups is 1. The van der Waals surface area contributed by atoms with Crippen LogP contribution in [0.4, 0.5) is 0 Å². The Morgan fingerprint density at radius 2 is 2.33 bits per heavy atom. The maximum absolute atomic E-state index is 12.1. The van der Waals surface area contributed by atoms with Crippen LogP contribution < -0.4 is 5.32 Å². The molecule has 2 N–H and O–H groups in total. The fourth-order valence-corrected chi connectivity index (χ4v) is 3.54. The molecule has 0 aromatic heterocycles. The van der Waals surface area contributed by atoms with Crippen molar-refractivity contribution in [3.63, 3.8) is 0 Å². The minimum Gasteiger partial charge on any atom is -0.390 e. The average Bonchev–Trinajstić information content (AvgIpc) is 2.81. The van der Waals surface area contributed by atoms with Crippen molar-refractivity contribution in [3.8, 4) is 0 Å². The van der Waals surface area contributed by atoms with Crippen molar-refractivity contribution in [2.75, 3.05) is 12.3 Å². The van der Waals surface area contributed by atoms with E-state index in [-0.39, 0.29) is 16.7 Å². The topological polar surface area (TPSA) is 66.4 Å². The van der Waals surface area contributed by atoms with Crippen LogP contribution in [0.1, 0.15) is 19.8 Å². The molecule has 0 spiro atoms. The molecule has 0 amide bonds. The van der Waals surface area contributed by atoms with Crippen molar-refractivity contribution in [2.24, 2.45) is 0 Å². The lowest BCUT2D eigenvalue weighted by molar-refractivity contribution is 0.157. The summed E-state index contributed by atoms with van der Waals surface area (Å²) in [5.41, 5.74) is 0. The van der Waals surface area contributed by atoms with E-state index >= 15 is 0 Å². The average molecular weight is 271 g/mol. The molecule has 0 aromatic carbocycles. The van der Waals surface area contributed by atoms with Gasteiger partial charge in [0.15, 0.2) is 9.84 Å². The second-order valence-corrected chi connectivity index (χ2v) is 6.39. The number of hydrogen-bond donors (Lipinski definition) is 2. The lowest BCUT2D eigenvalue weighted by Gasteiger charge is -2.18. The summed E-state index contributed by atoms with van der Waals surface area (Å²) in [4.78, 5) is 0.192. The Bertz CT molecular complexity index is 431. The molecule has 0 bridgehead atoms. The Kier molecular flexibility index (Phi) is 5.78.